The number of thiophene rings is 1. The minimum absolute atomic E-state index is 0.0341. The zero-order chi connectivity index (χ0) is 12.3. The molecule has 0 fully saturated rings. The van der Waals surface area contributed by atoms with E-state index in [9.17, 15) is 5.11 Å². The summed E-state index contributed by atoms with van der Waals surface area (Å²) >= 11 is 1.90. The fourth-order valence-electron chi connectivity index (χ4n) is 3.99. The molecule has 0 aliphatic heterocycles. The van der Waals surface area contributed by atoms with Crippen LogP contribution in [0, 0.1) is 5.41 Å². The van der Waals surface area contributed by atoms with Gasteiger partial charge in [-0.2, -0.15) is 0 Å². The van der Waals surface area contributed by atoms with E-state index in [4.69, 9.17) is 0 Å². The van der Waals surface area contributed by atoms with E-state index in [2.05, 4.69) is 24.4 Å². The molecule has 18 heavy (non-hydrogen) atoms. The van der Waals surface area contributed by atoms with Gasteiger partial charge >= 0.3 is 0 Å². The molecule has 2 unspecified atom stereocenters. The van der Waals surface area contributed by atoms with Crippen LogP contribution in [-0.2, 0) is 6.42 Å². The average Bonchev–Trinajstić information content (AvgIpc) is 2.94. The first-order valence-corrected chi connectivity index (χ1v) is 7.76. The van der Waals surface area contributed by atoms with Gasteiger partial charge in [0.2, 0.25) is 0 Å². The maximum absolute atomic E-state index is 10.3. The number of fused-ring (bicyclic) bond motifs is 4. The Labute approximate surface area is 112 Å². The van der Waals surface area contributed by atoms with E-state index >= 15 is 0 Å². The Kier molecular flexibility index (Phi) is 2.19. The molecule has 4 rings (SSSR count). The molecule has 3 aliphatic carbocycles. The molecule has 0 saturated heterocycles. The van der Waals surface area contributed by atoms with E-state index in [1.165, 1.54) is 24.0 Å². The van der Waals surface area contributed by atoms with E-state index < -0.39 is 0 Å². The van der Waals surface area contributed by atoms with Gasteiger partial charge in [-0.3, -0.25) is 0 Å². The molecule has 3 aliphatic rings. The zero-order valence-electron chi connectivity index (χ0n) is 10.7. The number of rotatable bonds is 0. The summed E-state index contributed by atoms with van der Waals surface area (Å²) in [6.45, 7) is 2.25. The van der Waals surface area contributed by atoms with Crippen molar-refractivity contribution in [2.45, 2.75) is 45.1 Å². The van der Waals surface area contributed by atoms with E-state index in [1.54, 1.807) is 16.0 Å². The molecule has 0 amide bonds. The van der Waals surface area contributed by atoms with E-state index in [-0.39, 0.29) is 11.5 Å². The molecule has 1 aromatic rings. The highest BCUT2D eigenvalue weighted by atomic mass is 32.1. The van der Waals surface area contributed by atoms with Crippen LogP contribution in [0.5, 0.6) is 0 Å². The SMILES string of the molecule is CC12CCC3=C(CCc4sccc43)C1=CCC2O. The van der Waals surface area contributed by atoms with Crippen molar-refractivity contribution in [2.24, 2.45) is 5.41 Å². The normalized spacial score (nSPS) is 33.9. The first-order chi connectivity index (χ1) is 8.70. The van der Waals surface area contributed by atoms with Gasteiger partial charge in [0.25, 0.3) is 0 Å². The van der Waals surface area contributed by atoms with Gasteiger partial charge < -0.3 is 5.11 Å². The Morgan fingerprint density at radius 2 is 2.17 bits per heavy atom. The minimum Gasteiger partial charge on any atom is -0.392 e. The molecule has 0 aromatic carbocycles. The first kappa shape index (κ1) is 11.0. The fourth-order valence-corrected chi connectivity index (χ4v) is 4.90. The van der Waals surface area contributed by atoms with Crippen LogP contribution in [0.25, 0.3) is 5.57 Å². The van der Waals surface area contributed by atoms with Gasteiger partial charge in [-0.1, -0.05) is 13.0 Å². The van der Waals surface area contributed by atoms with Crippen LogP contribution < -0.4 is 0 Å². The standard InChI is InChI=1S/C16H18OS/c1-16-8-6-10-11(13(16)3-5-15(16)17)2-4-14-12(10)7-9-18-14/h3,7,9,15,17H,2,4-6,8H2,1H3. The lowest BCUT2D eigenvalue weighted by Crippen LogP contribution is -2.33. The van der Waals surface area contributed by atoms with Crippen LogP contribution in [-0.4, -0.2) is 11.2 Å². The van der Waals surface area contributed by atoms with Crippen molar-refractivity contribution in [1.29, 1.82) is 0 Å². The lowest BCUT2D eigenvalue weighted by atomic mass is 9.66. The summed E-state index contributed by atoms with van der Waals surface area (Å²) in [4.78, 5) is 1.57. The molecule has 0 saturated carbocycles. The van der Waals surface area contributed by atoms with Crippen molar-refractivity contribution in [3.8, 4) is 0 Å². The van der Waals surface area contributed by atoms with Gasteiger partial charge in [0.05, 0.1) is 6.10 Å². The third kappa shape index (κ3) is 1.25. The van der Waals surface area contributed by atoms with E-state index in [0.717, 1.165) is 19.3 Å². The highest BCUT2D eigenvalue weighted by Gasteiger charge is 2.45. The molecule has 1 heterocycles. The van der Waals surface area contributed by atoms with Crippen molar-refractivity contribution >= 4 is 16.9 Å². The van der Waals surface area contributed by atoms with Crippen LogP contribution in [0.15, 0.2) is 28.7 Å². The summed E-state index contributed by atoms with van der Waals surface area (Å²) in [7, 11) is 0. The Morgan fingerprint density at radius 3 is 3.06 bits per heavy atom. The molecule has 2 heteroatoms. The van der Waals surface area contributed by atoms with Gasteiger partial charge in [0, 0.05) is 10.3 Å². The lowest BCUT2D eigenvalue weighted by Gasteiger charge is -2.40. The average molecular weight is 258 g/mol. The maximum atomic E-state index is 10.3. The topological polar surface area (TPSA) is 20.2 Å². The number of aryl methyl sites for hydroxylation is 1. The van der Waals surface area contributed by atoms with Gasteiger partial charge in [-0.25, -0.2) is 0 Å². The second kappa shape index (κ2) is 3.58. The van der Waals surface area contributed by atoms with Gasteiger partial charge in [-0.15, -0.1) is 11.3 Å². The van der Waals surface area contributed by atoms with Crippen molar-refractivity contribution in [2.75, 3.05) is 0 Å². The Morgan fingerprint density at radius 1 is 1.28 bits per heavy atom. The highest BCUT2D eigenvalue weighted by molar-refractivity contribution is 7.10. The number of hydrogen-bond acceptors (Lipinski definition) is 2. The third-order valence-electron chi connectivity index (χ3n) is 5.15. The van der Waals surface area contributed by atoms with Crippen molar-refractivity contribution in [1.82, 2.24) is 0 Å². The quantitative estimate of drug-likeness (QED) is 0.747. The molecule has 2 atom stereocenters. The Balaban J connectivity index is 1.88. The fraction of sp³-hybridized carbons (Fsp3) is 0.500. The summed E-state index contributed by atoms with van der Waals surface area (Å²) in [5.74, 6) is 0. The molecule has 94 valence electrons. The van der Waals surface area contributed by atoms with Crippen molar-refractivity contribution in [3.63, 3.8) is 0 Å². The molecular weight excluding hydrogens is 240 g/mol. The van der Waals surface area contributed by atoms with Crippen LogP contribution in [0.2, 0.25) is 0 Å². The molecule has 1 N–H and O–H groups in total. The number of aliphatic hydroxyl groups is 1. The predicted molar refractivity (Wildman–Crippen MR) is 75.6 cm³/mol. The van der Waals surface area contributed by atoms with Gasteiger partial charge in [0.15, 0.2) is 0 Å². The maximum Gasteiger partial charge on any atom is 0.0668 e. The number of hydrogen-bond donors (Lipinski definition) is 1. The molecule has 1 nitrogen and oxygen atoms in total. The molecule has 0 spiro atoms. The lowest BCUT2D eigenvalue weighted by molar-refractivity contribution is 0.0728. The summed E-state index contributed by atoms with van der Waals surface area (Å²) in [5.41, 5.74) is 6.15. The largest absolute Gasteiger partial charge is 0.392 e. The molecular formula is C16H18OS. The highest BCUT2D eigenvalue weighted by Crippen LogP contribution is 2.55. The van der Waals surface area contributed by atoms with Crippen molar-refractivity contribution in [3.05, 3.63) is 39.1 Å². The van der Waals surface area contributed by atoms with Crippen LogP contribution >= 0.6 is 11.3 Å². The van der Waals surface area contributed by atoms with E-state index in [0.29, 0.717) is 0 Å². The third-order valence-corrected chi connectivity index (χ3v) is 6.13. The van der Waals surface area contributed by atoms with Crippen LogP contribution in [0.4, 0.5) is 0 Å². The summed E-state index contributed by atoms with van der Waals surface area (Å²) in [5, 5.41) is 12.5. The smallest absolute Gasteiger partial charge is 0.0668 e. The minimum atomic E-state index is -0.162. The second-order valence-electron chi connectivity index (χ2n) is 6.00. The monoisotopic (exact) mass is 258 g/mol. The Bertz CT molecular complexity index is 578. The first-order valence-electron chi connectivity index (χ1n) is 6.88. The van der Waals surface area contributed by atoms with Crippen LogP contribution in [0.1, 0.15) is 43.0 Å². The molecule has 0 bridgehead atoms. The molecule has 1 aromatic heterocycles. The Hall–Kier alpha value is -0.860. The van der Waals surface area contributed by atoms with Crippen LogP contribution in [0.3, 0.4) is 0 Å². The van der Waals surface area contributed by atoms with Gasteiger partial charge in [0.1, 0.15) is 0 Å². The van der Waals surface area contributed by atoms with E-state index in [1.807, 2.05) is 11.3 Å². The molecule has 0 radical (unpaired) electrons. The summed E-state index contributed by atoms with van der Waals surface area (Å²) in [6.07, 6.45) is 7.60. The summed E-state index contributed by atoms with van der Waals surface area (Å²) in [6, 6.07) is 2.29. The van der Waals surface area contributed by atoms with Crippen molar-refractivity contribution < 1.29 is 5.11 Å². The number of allylic oxidation sites excluding steroid dienone is 2. The zero-order valence-corrected chi connectivity index (χ0v) is 11.5. The van der Waals surface area contributed by atoms with Gasteiger partial charge in [-0.05, 0) is 65.8 Å². The second-order valence-corrected chi connectivity index (χ2v) is 7.00. The number of aliphatic hydroxyl groups excluding tert-OH is 1. The summed E-state index contributed by atoms with van der Waals surface area (Å²) < 4.78 is 0. The predicted octanol–water partition coefficient (Wildman–Crippen LogP) is 3.94.